The molecule has 3 aromatic carbocycles. The van der Waals surface area contributed by atoms with Crippen LogP contribution in [0.25, 0.3) is 11.1 Å². The largest absolute Gasteiger partial charge is 1.00 e. The van der Waals surface area contributed by atoms with Crippen molar-refractivity contribution >= 4 is 6.98 Å². The number of benzene rings is 3. The van der Waals surface area contributed by atoms with Gasteiger partial charge in [-0.25, -0.2) is 0 Å². The smallest absolute Gasteiger partial charge is 1.00 e. The molecule has 0 nitrogen and oxygen atoms in total. The van der Waals surface area contributed by atoms with Crippen LogP contribution >= 0.6 is 0 Å². The average Bonchev–Trinajstić information content (AvgIpc) is 3.52. The van der Waals surface area contributed by atoms with E-state index in [0.717, 1.165) is 12.8 Å². The van der Waals surface area contributed by atoms with E-state index in [-0.39, 0.29) is 46.5 Å². The first-order valence-corrected chi connectivity index (χ1v) is 21.7. The second kappa shape index (κ2) is 14.6. The molecule has 0 saturated heterocycles. The molecule has 3 heteroatoms. The summed E-state index contributed by atoms with van der Waals surface area (Å²) >= 11 is -2.70. The molecule has 0 saturated carbocycles. The van der Waals surface area contributed by atoms with Crippen molar-refractivity contribution in [3.63, 3.8) is 0 Å². The number of allylic oxidation sites excluding steroid dienone is 4. The van der Waals surface area contributed by atoms with Gasteiger partial charge in [-0.15, -0.1) is 0 Å². The van der Waals surface area contributed by atoms with Crippen LogP contribution in [0.4, 0.5) is 0 Å². The van der Waals surface area contributed by atoms with Crippen molar-refractivity contribution < 1.29 is 46.1 Å². The van der Waals surface area contributed by atoms with E-state index >= 15 is 0 Å². The monoisotopic (exact) mass is 760 g/mol. The Morgan fingerprint density at radius 2 is 1.23 bits per heavy atom. The fraction of sp³-hybridized carbons (Fsp3) is 0.489. The zero-order chi connectivity index (χ0) is 34.0. The van der Waals surface area contributed by atoms with E-state index in [1.807, 2.05) is 3.28 Å². The Kier molecular flexibility index (Phi) is 12.4. The molecule has 5 rings (SSSR count). The van der Waals surface area contributed by atoms with E-state index in [1.54, 1.807) is 25.5 Å². The van der Waals surface area contributed by atoms with Crippen LogP contribution in [-0.2, 0) is 43.9 Å². The molecule has 0 spiro atoms. The van der Waals surface area contributed by atoms with Gasteiger partial charge in [-0.3, -0.25) is 0 Å². The summed E-state index contributed by atoms with van der Waals surface area (Å²) < 4.78 is 6.42. The van der Waals surface area contributed by atoms with Crippen LogP contribution < -0.4 is 28.1 Å². The van der Waals surface area contributed by atoms with Gasteiger partial charge >= 0.3 is 292 Å². The molecule has 0 aliphatic heterocycles. The maximum atomic E-state index is 2.83. The van der Waals surface area contributed by atoms with Crippen molar-refractivity contribution in [3.05, 3.63) is 108 Å². The normalized spacial score (nSPS) is 16.3. The molecular weight excluding hydrogens is 703 g/mol. The predicted octanol–water partition coefficient (Wildman–Crippen LogP) is 5.93. The number of rotatable bonds is 5. The molecular formula is C45H60Cl2Zr. The van der Waals surface area contributed by atoms with Gasteiger partial charge in [0.25, 0.3) is 0 Å². The van der Waals surface area contributed by atoms with Crippen LogP contribution in [-0.4, -0.2) is 3.71 Å². The average molecular weight is 763 g/mol. The van der Waals surface area contributed by atoms with Crippen molar-refractivity contribution in [1.29, 1.82) is 0 Å². The Balaban J connectivity index is 0.00000312. The molecule has 0 fully saturated rings. The minimum Gasteiger partial charge on any atom is -1.00 e. The van der Waals surface area contributed by atoms with Gasteiger partial charge in [0.2, 0.25) is 0 Å². The molecule has 0 radical (unpaired) electrons. The number of hydrogen-bond acceptors (Lipinski definition) is 0. The molecule has 0 N–H and O–H groups in total. The fourth-order valence-corrected chi connectivity index (χ4v) is 16.9. The van der Waals surface area contributed by atoms with E-state index in [9.17, 15) is 0 Å². The summed E-state index contributed by atoms with van der Waals surface area (Å²) in [5, 5.41) is 0. The molecule has 1 atom stereocenters. The van der Waals surface area contributed by atoms with Crippen LogP contribution in [0.5, 0.6) is 0 Å². The van der Waals surface area contributed by atoms with Gasteiger partial charge in [-0.1, -0.05) is 0 Å². The van der Waals surface area contributed by atoms with Crippen LogP contribution in [0.3, 0.4) is 0 Å². The maximum Gasteiger partial charge on any atom is -1.00 e. The summed E-state index contributed by atoms with van der Waals surface area (Å²) in [6.45, 7) is 33.4. The molecule has 2 aliphatic rings. The molecule has 3 aromatic rings. The molecule has 2 aliphatic carbocycles. The molecule has 0 aromatic heterocycles. The Morgan fingerprint density at radius 3 is 1.73 bits per heavy atom. The molecule has 258 valence electrons. The summed E-state index contributed by atoms with van der Waals surface area (Å²) in [6, 6.07) is 22.0. The van der Waals surface area contributed by atoms with Crippen LogP contribution in [0.1, 0.15) is 143 Å². The first-order chi connectivity index (χ1) is 21.3. The Bertz CT molecular complexity index is 1740. The van der Waals surface area contributed by atoms with Gasteiger partial charge in [0, 0.05) is 0 Å². The summed E-state index contributed by atoms with van der Waals surface area (Å²) in [5.41, 5.74) is 15.7. The maximum absolute atomic E-state index is 2.83. The molecule has 0 amide bonds. The molecule has 1 unspecified atom stereocenters. The Hall–Kier alpha value is -1.53. The SMILES string of the molecule is CCC1=[C](/[Zr+2](=[CH]/c2ccc(C(C)(C)C)cc2)[c]2c(C(C)(C)C)ccc3c2Cc2cc(C(C)(C)C)ccc2-3)C(CC)C=C1C(C)(C)C.[Cl-].[Cl-]. The first-order valence-electron chi connectivity index (χ1n) is 17.8. The van der Waals surface area contributed by atoms with E-state index in [0.29, 0.717) is 5.92 Å². The third kappa shape index (κ3) is 8.00. The summed E-state index contributed by atoms with van der Waals surface area (Å²) in [5.74, 6) is 0.531. The van der Waals surface area contributed by atoms with Gasteiger partial charge in [0.15, 0.2) is 0 Å². The number of hydrogen-bond donors (Lipinski definition) is 0. The van der Waals surface area contributed by atoms with Crippen LogP contribution in [0.15, 0.2) is 75.1 Å². The van der Waals surface area contributed by atoms with Gasteiger partial charge in [0.05, 0.1) is 0 Å². The minimum atomic E-state index is -2.70. The third-order valence-electron chi connectivity index (χ3n) is 10.4. The van der Waals surface area contributed by atoms with Crippen LogP contribution in [0.2, 0.25) is 0 Å². The minimum absolute atomic E-state index is 0. The van der Waals surface area contributed by atoms with Gasteiger partial charge in [-0.05, 0) is 0 Å². The van der Waals surface area contributed by atoms with Gasteiger partial charge in [-0.2, -0.15) is 0 Å². The van der Waals surface area contributed by atoms with Gasteiger partial charge in [0.1, 0.15) is 0 Å². The summed E-state index contributed by atoms with van der Waals surface area (Å²) in [7, 11) is 0. The Labute approximate surface area is 314 Å². The quantitative estimate of drug-likeness (QED) is 0.237. The topological polar surface area (TPSA) is 0 Å². The van der Waals surface area contributed by atoms with E-state index in [1.165, 1.54) is 39.8 Å². The third-order valence-corrected chi connectivity index (χ3v) is 17.7. The van der Waals surface area contributed by atoms with E-state index < -0.39 is 21.3 Å². The predicted molar refractivity (Wildman–Crippen MR) is 201 cm³/mol. The molecule has 48 heavy (non-hydrogen) atoms. The summed E-state index contributed by atoms with van der Waals surface area (Å²) in [4.78, 5) is 0. The standard InChI is InChI=1S/C21H25.C13H21.C11H14.2ClH.Zr/c1-20(2,3)16-7-9-18-14(12-16)11-15-13-17(21(4,5)6)8-10-19(15)18;1-6-10-8-11(7-2)12(9-10)13(3,4)5;1-9-5-7-10(8-6-9)11(2,3)4;;;/h7-10,12H,11H2,1-6H3;9-10H,6-7H2,1-5H3;1,5-8H,2-4H3;2*1H;/q;;;;;+2/p-2. The van der Waals surface area contributed by atoms with Gasteiger partial charge < -0.3 is 24.8 Å². The van der Waals surface area contributed by atoms with Crippen molar-refractivity contribution in [2.45, 2.75) is 132 Å². The second-order valence-corrected chi connectivity index (χ2v) is 23.4. The Morgan fingerprint density at radius 1 is 0.667 bits per heavy atom. The van der Waals surface area contributed by atoms with Crippen molar-refractivity contribution in [3.8, 4) is 11.1 Å². The van der Waals surface area contributed by atoms with Crippen molar-refractivity contribution in [2.24, 2.45) is 11.3 Å². The molecule has 0 bridgehead atoms. The van der Waals surface area contributed by atoms with E-state index in [2.05, 4.69) is 161 Å². The number of halogens is 2. The fourth-order valence-electron chi connectivity index (χ4n) is 7.73. The van der Waals surface area contributed by atoms with E-state index in [4.69, 9.17) is 0 Å². The zero-order valence-corrected chi connectivity index (χ0v) is 36.3. The van der Waals surface area contributed by atoms with Crippen molar-refractivity contribution in [2.75, 3.05) is 0 Å². The first kappa shape index (κ1) is 40.9. The number of fused-ring (bicyclic) bond motifs is 3. The zero-order valence-electron chi connectivity index (χ0n) is 32.3. The van der Waals surface area contributed by atoms with Crippen molar-refractivity contribution in [1.82, 2.24) is 0 Å². The molecule has 0 heterocycles. The summed E-state index contributed by atoms with van der Waals surface area (Å²) in [6.07, 6.45) is 6.04. The van der Waals surface area contributed by atoms with Crippen LogP contribution in [0, 0.1) is 11.3 Å². The second-order valence-electron chi connectivity index (χ2n) is 18.1.